The number of carbonyl (C=O) groups excluding carboxylic acids is 1. The van der Waals surface area contributed by atoms with Gasteiger partial charge in [-0.15, -0.1) is 0 Å². The number of hydrogen-bond acceptors (Lipinski definition) is 6. The fourth-order valence-corrected chi connectivity index (χ4v) is 4.04. The van der Waals surface area contributed by atoms with Crippen molar-refractivity contribution in [3.8, 4) is 0 Å². The molecule has 0 aliphatic carbocycles. The maximum absolute atomic E-state index is 12.6. The summed E-state index contributed by atoms with van der Waals surface area (Å²) in [6.45, 7) is 1.86. The van der Waals surface area contributed by atoms with E-state index in [1.165, 1.54) is 30.0 Å². The number of aryl methyl sites for hydroxylation is 1. The summed E-state index contributed by atoms with van der Waals surface area (Å²) in [5.74, 6) is -0.481. The predicted octanol–water partition coefficient (Wildman–Crippen LogP) is 4.25. The van der Waals surface area contributed by atoms with Gasteiger partial charge in [0, 0.05) is 29.2 Å². The average molecular weight is 434 g/mol. The Kier molecular flexibility index (Phi) is 6.02. The van der Waals surface area contributed by atoms with Crippen molar-refractivity contribution < 1.29 is 13.2 Å². The molecule has 0 radical (unpaired) electrons. The second-order valence-corrected chi connectivity index (χ2v) is 9.44. The van der Waals surface area contributed by atoms with Crippen LogP contribution in [0.2, 0.25) is 5.02 Å². The van der Waals surface area contributed by atoms with Crippen LogP contribution in [0, 0.1) is 6.92 Å². The molecule has 28 heavy (non-hydrogen) atoms. The Balaban J connectivity index is 1.81. The first-order valence-electron chi connectivity index (χ1n) is 8.10. The van der Waals surface area contributed by atoms with Crippen LogP contribution in [0.15, 0.2) is 69.8 Å². The van der Waals surface area contributed by atoms with Crippen molar-refractivity contribution in [2.24, 2.45) is 0 Å². The van der Waals surface area contributed by atoms with E-state index in [0.717, 1.165) is 16.7 Å². The Bertz CT molecular complexity index is 1140. The number of benzene rings is 2. The second kappa shape index (κ2) is 8.30. The molecule has 0 atom stereocenters. The quantitative estimate of drug-likeness (QED) is 0.605. The number of carbonyl (C=O) groups is 1. The van der Waals surface area contributed by atoms with E-state index in [1.54, 1.807) is 24.5 Å². The molecular weight excluding hydrogens is 418 g/mol. The van der Waals surface area contributed by atoms with Crippen LogP contribution in [0.4, 0.5) is 5.69 Å². The molecule has 0 saturated carbocycles. The Morgan fingerprint density at radius 2 is 1.82 bits per heavy atom. The first kappa shape index (κ1) is 20.3. The topological polar surface area (TPSA) is 89.0 Å². The van der Waals surface area contributed by atoms with Gasteiger partial charge in [0.2, 0.25) is 0 Å². The normalized spacial score (nSPS) is 11.2. The fourth-order valence-electron chi connectivity index (χ4n) is 2.38. The zero-order valence-electron chi connectivity index (χ0n) is 15.0. The lowest BCUT2D eigenvalue weighted by atomic mass is 10.1. The number of nitrogens with one attached hydrogen (secondary N) is 1. The van der Waals surface area contributed by atoms with Crippen LogP contribution in [0.3, 0.4) is 0 Å². The molecule has 0 bridgehead atoms. The van der Waals surface area contributed by atoms with Gasteiger partial charge in [0.15, 0.2) is 15.0 Å². The van der Waals surface area contributed by atoms with E-state index in [-0.39, 0.29) is 15.5 Å². The average Bonchev–Trinajstić information content (AvgIpc) is 2.64. The lowest BCUT2D eigenvalue weighted by Crippen LogP contribution is -2.14. The summed E-state index contributed by atoms with van der Waals surface area (Å²) in [5, 5.41) is 3.58. The molecule has 0 fully saturated rings. The van der Waals surface area contributed by atoms with Gasteiger partial charge in [-0.3, -0.25) is 4.79 Å². The maximum Gasteiger partial charge on any atom is 0.257 e. The first-order chi connectivity index (χ1) is 13.2. The SMILES string of the molecule is Cc1cc(Sc2ncccn2)ccc1NC(=O)c1cc(S(C)(=O)=O)ccc1Cl. The number of anilines is 1. The molecule has 0 spiro atoms. The molecule has 3 aromatic rings. The van der Waals surface area contributed by atoms with Gasteiger partial charge in [-0.05, 0) is 66.7 Å². The number of rotatable bonds is 5. The molecule has 0 saturated heterocycles. The number of hydrogen-bond donors (Lipinski definition) is 1. The van der Waals surface area contributed by atoms with E-state index in [1.807, 2.05) is 19.1 Å². The predicted molar refractivity (Wildman–Crippen MR) is 110 cm³/mol. The molecule has 1 heterocycles. The Labute approximate surface area is 172 Å². The van der Waals surface area contributed by atoms with E-state index < -0.39 is 15.7 Å². The summed E-state index contributed by atoms with van der Waals surface area (Å²) < 4.78 is 23.5. The van der Waals surface area contributed by atoms with Crippen LogP contribution < -0.4 is 5.32 Å². The summed E-state index contributed by atoms with van der Waals surface area (Å²) in [5.41, 5.74) is 1.54. The summed E-state index contributed by atoms with van der Waals surface area (Å²) >= 11 is 7.50. The highest BCUT2D eigenvalue weighted by atomic mass is 35.5. The summed E-state index contributed by atoms with van der Waals surface area (Å²) in [6.07, 6.45) is 4.42. The highest BCUT2D eigenvalue weighted by Gasteiger charge is 2.16. The minimum atomic E-state index is -3.45. The zero-order valence-corrected chi connectivity index (χ0v) is 17.4. The monoisotopic (exact) mass is 433 g/mol. The number of halogens is 1. The van der Waals surface area contributed by atoms with E-state index in [0.29, 0.717) is 10.8 Å². The number of aromatic nitrogens is 2. The summed E-state index contributed by atoms with van der Waals surface area (Å²) in [7, 11) is -3.45. The molecule has 0 unspecified atom stereocenters. The lowest BCUT2D eigenvalue weighted by molar-refractivity contribution is 0.102. The van der Waals surface area contributed by atoms with Crippen LogP contribution in [0.5, 0.6) is 0 Å². The first-order valence-corrected chi connectivity index (χ1v) is 11.2. The lowest BCUT2D eigenvalue weighted by Gasteiger charge is -2.11. The third-order valence-corrected chi connectivity index (χ3v) is 6.13. The molecular formula is C19H16ClN3O3S2. The maximum atomic E-state index is 12.6. The van der Waals surface area contributed by atoms with Crippen LogP contribution in [-0.2, 0) is 9.84 Å². The number of nitrogens with zero attached hydrogens (tertiary/aromatic N) is 2. The molecule has 3 rings (SSSR count). The zero-order chi connectivity index (χ0) is 20.3. The van der Waals surface area contributed by atoms with Crippen molar-refractivity contribution in [1.82, 2.24) is 9.97 Å². The standard InChI is InChI=1S/C19H16ClN3O3S2/c1-12-10-13(27-19-21-8-3-9-22-19)4-7-17(12)23-18(24)15-11-14(28(2,25)26)5-6-16(15)20/h3-11H,1-2H3,(H,23,24). The van der Waals surface area contributed by atoms with Crippen molar-refractivity contribution in [1.29, 1.82) is 0 Å². The molecule has 144 valence electrons. The van der Waals surface area contributed by atoms with Crippen LogP contribution in [0.1, 0.15) is 15.9 Å². The van der Waals surface area contributed by atoms with Crippen molar-refractivity contribution in [3.63, 3.8) is 0 Å². The van der Waals surface area contributed by atoms with Gasteiger partial charge < -0.3 is 5.32 Å². The van der Waals surface area contributed by atoms with Crippen LogP contribution in [-0.4, -0.2) is 30.5 Å². The third-order valence-electron chi connectivity index (χ3n) is 3.81. The van der Waals surface area contributed by atoms with Gasteiger partial charge in [-0.1, -0.05) is 11.6 Å². The van der Waals surface area contributed by atoms with Crippen molar-refractivity contribution in [2.45, 2.75) is 21.9 Å². The third kappa shape index (κ3) is 4.89. The fraction of sp³-hybridized carbons (Fsp3) is 0.105. The minimum absolute atomic E-state index is 0.0355. The molecule has 1 N–H and O–H groups in total. The van der Waals surface area contributed by atoms with E-state index >= 15 is 0 Å². The summed E-state index contributed by atoms with van der Waals surface area (Å²) in [4.78, 5) is 21.9. The van der Waals surface area contributed by atoms with Gasteiger partial charge in [0.05, 0.1) is 15.5 Å². The Hall–Kier alpha value is -2.42. The molecule has 0 aliphatic heterocycles. The highest BCUT2D eigenvalue weighted by Crippen LogP contribution is 2.29. The van der Waals surface area contributed by atoms with Crippen molar-refractivity contribution in [2.75, 3.05) is 11.6 Å². The van der Waals surface area contributed by atoms with Crippen LogP contribution >= 0.6 is 23.4 Å². The van der Waals surface area contributed by atoms with Gasteiger partial charge in [-0.2, -0.15) is 0 Å². The Morgan fingerprint density at radius 1 is 1.11 bits per heavy atom. The smallest absolute Gasteiger partial charge is 0.257 e. The van der Waals surface area contributed by atoms with Crippen molar-refractivity contribution >= 4 is 44.8 Å². The van der Waals surface area contributed by atoms with Crippen molar-refractivity contribution in [3.05, 3.63) is 71.0 Å². The number of sulfone groups is 1. The highest BCUT2D eigenvalue weighted by molar-refractivity contribution is 7.99. The summed E-state index contributed by atoms with van der Waals surface area (Å²) in [6, 6.07) is 11.3. The van der Waals surface area contributed by atoms with E-state index in [2.05, 4.69) is 15.3 Å². The second-order valence-electron chi connectivity index (χ2n) is 5.98. The van der Waals surface area contributed by atoms with Crippen LogP contribution in [0.25, 0.3) is 0 Å². The molecule has 0 aliphatic rings. The largest absolute Gasteiger partial charge is 0.322 e. The van der Waals surface area contributed by atoms with E-state index in [9.17, 15) is 13.2 Å². The molecule has 6 nitrogen and oxygen atoms in total. The van der Waals surface area contributed by atoms with Gasteiger partial charge in [0.1, 0.15) is 0 Å². The molecule has 2 aromatic carbocycles. The van der Waals surface area contributed by atoms with Gasteiger partial charge in [0.25, 0.3) is 5.91 Å². The van der Waals surface area contributed by atoms with Gasteiger partial charge in [-0.25, -0.2) is 18.4 Å². The Morgan fingerprint density at radius 3 is 2.46 bits per heavy atom. The van der Waals surface area contributed by atoms with E-state index in [4.69, 9.17) is 11.6 Å². The molecule has 1 aromatic heterocycles. The molecule has 1 amide bonds. The minimum Gasteiger partial charge on any atom is -0.322 e. The van der Waals surface area contributed by atoms with Gasteiger partial charge >= 0.3 is 0 Å². The number of amides is 1. The molecule has 9 heteroatoms.